The number of hydrogen-bond donors (Lipinski definition) is 0. The molecule has 0 bridgehead atoms. The van der Waals surface area contributed by atoms with Crippen molar-refractivity contribution in [3.63, 3.8) is 0 Å². The molecule has 1 fully saturated rings. The maximum absolute atomic E-state index is 10.9. The highest BCUT2D eigenvalue weighted by molar-refractivity contribution is 7.97. The molecule has 0 heterocycles. The average Bonchev–Trinajstić information content (AvgIpc) is 2.47. The molecule has 0 radical (unpaired) electrons. The third-order valence-corrected chi connectivity index (χ3v) is 7.18. The summed E-state index contributed by atoms with van der Waals surface area (Å²) in [5.41, 5.74) is 0.928. The summed E-state index contributed by atoms with van der Waals surface area (Å²) in [7, 11) is -3.91. The number of ketones is 1. The van der Waals surface area contributed by atoms with Gasteiger partial charge in [-0.25, -0.2) is 8.42 Å². The van der Waals surface area contributed by atoms with Gasteiger partial charge in [-0.15, -0.1) is 0 Å². The number of carbonyl (C=O) groups excluding carboxylic acids is 1. The van der Waals surface area contributed by atoms with E-state index in [-0.39, 0.29) is 4.90 Å². The first-order valence-electron chi connectivity index (χ1n) is 7.83. The predicted octanol–water partition coefficient (Wildman–Crippen LogP) is 3.06. The molecule has 1 saturated carbocycles. The third-order valence-electron chi connectivity index (χ3n) is 3.86. The summed E-state index contributed by atoms with van der Waals surface area (Å²) in [5.74, 6) is 1.19. The van der Waals surface area contributed by atoms with E-state index in [0.29, 0.717) is 16.7 Å². The van der Waals surface area contributed by atoms with Crippen LogP contribution in [0.2, 0.25) is 0 Å². The van der Waals surface area contributed by atoms with E-state index in [1.54, 1.807) is 19.1 Å². The summed E-state index contributed by atoms with van der Waals surface area (Å²) in [5, 5.41) is 0.864. The molecule has 1 aliphatic rings. The zero-order valence-electron chi connectivity index (χ0n) is 14.1. The fraction of sp³-hybridized carbons (Fsp3) is 0.588. The van der Waals surface area contributed by atoms with Crippen molar-refractivity contribution in [1.82, 2.24) is 0 Å². The molecular formula is C17H26O4S2. The molecule has 6 heteroatoms. The highest BCUT2D eigenvalue weighted by Gasteiger charge is 2.28. The summed E-state index contributed by atoms with van der Waals surface area (Å²) in [4.78, 5) is 10.7. The summed E-state index contributed by atoms with van der Waals surface area (Å²) in [6.07, 6.45) is 9.19. The van der Waals surface area contributed by atoms with Crippen molar-refractivity contribution in [3.8, 4) is 0 Å². The second-order valence-electron chi connectivity index (χ2n) is 6.06. The lowest BCUT2D eigenvalue weighted by atomic mass is 10.0. The van der Waals surface area contributed by atoms with Crippen LogP contribution in [0, 0.1) is 6.92 Å². The molecule has 0 aliphatic heterocycles. The van der Waals surface area contributed by atoms with Gasteiger partial charge in [0.05, 0.1) is 11.2 Å². The third kappa shape index (κ3) is 7.99. The number of rotatable bonds is 4. The first kappa shape index (κ1) is 20.2. The second-order valence-corrected chi connectivity index (χ2v) is 9.78. The average molecular weight is 359 g/mol. The van der Waals surface area contributed by atoms with Crippen LogP contribution in [0.25, 0.3) is 0 Å². The molecule has 1 atom stereocenters. The van der Waals surface area contributed by atoms with Crippen LogP contribution in [0.15, 0.2) is 29.2 Å². The van der Waals surface area contributed by atoms with Crippen molar-refractivity contribution in [2.45, 2.75) is 56.1 Å². The normalized spacial score (nSPS) is 17.0. The van der Waals surface area contributed by atoms with Crippen molar-refractivity contribution in [3.05, 3.63) is 29.8 Å². The van der Waals surface area contributed by atoms with E-state index in [0.717, 1.165) is 16.6 Å². The zero-order chi connectivity index (χ0) is 17.5. The number of aryl methyl sites for hydroxylation is 1. The largest absolute Gasteiger partial charge is 0.744 e. The molecule has 2 rings (SSSR count). The minimum Gasteiger partial charge on any atom is -0.744 e. The Kier molecular flexibility index (Phi) is 8.29. The maximum atomic E-state index is 10.9. The standard InChI is InChI=1S/C10H19OS.C7H8O3S/c1-9(11)8-12(2)10-6-4-3-5-7-10;1-6-2-4-7(5-3-6)11(8,9)10/h10H,3-8H2,1-2H3;2-5H,1H3,(H,8,9,10)/q+1;/p-1. The van der Waals surface area contributed by atoms with Crippen LogP contribution in [-0.4, -0.2) is 36.0 Å². The highest BCUT2D eigenvalue weighted by atomic mass is 32.2. The Hall–Kier alpha value is -0.850. The van der Waals surface area contributed by atoms with E-state index in [1.165, 1.54) is 44.2 Å². The lowest BCUT2D eigenvalue weighted by Gasteiger charge is -2.19. The van der Waals surface area contributed by atoms with E-state index >= 15 is 0 Å². The Labute approximate surface area is 142 Å². The fourth-order valence-electron chi connectivity index (χ4n) is 2.61. The van der Waals surface area contributed by atoms with Crippen LogP contribution >= 0.6 is 0 Å². The molecule has 0 N–H and O–H groups in total. The van der Waals surface area contributed by atoms with Gasteiger partial charge in [-0.05, 0) is 62.6 Å². The van der Waals surface area contributed by atoms with Gasteiger partial charge in [0.15, 0.2) is 11.5 Å². The molecule has 1 aliphatic carbocycles. The van der Waals surface area contributed by atoms with Crippen LogP contribution in [-0.2, 0) is 25.8 Å². The van der Waals surface area contributed by atoms with Gasteiger partial charge in [0.1, 0.15) is 15.4 Å². The molecule has 130 valence electrons. The smallest absolute Gasteiger partial charge is 0.178 e. The van der Waals surface area contributed by atoms with Gasteiger partial charge in [-0.3, -0.25) is 4.79 Å². The van der Waals surface area contributed by atoms with Crippen molar-refractivity contribution >= 4 is 26.8 Å². The molecule has 4 nitrogen and oxygen atoms in total. The Morgan fingerprint density at radius 2 is 1.70 bits per heavy atom. The van der Waals surface area contributed by atoms with E-state index < -0.39 is 10.1 Å². The molecule has 0 amide bonds. The molecule has 1 aromatic rings. The van der Waals surface area contributed by atoms with Gasteiger partial charge < -0.3 is 4.55 Å². The fourth-order valence-corrected chi connectivity index (χ4v) is 5.10. The van der Waals surface area contributed by atoms with E-state index in [9.17, 15) is 17.8 Å². The lowest BCUT2D eigenvalue weighted by Crippen LogP contribution is -2.28. The molecule has 0 spiro atoms. The molecule has 1 unspecified atom stereocenters. The summed E-state index contributed by atoms with van der Waals surface area (Å²) < 4.78 is 31.2. The lowest BCUT2D eigenvalue weighted by molar-refractivity contribution is -0.114. The van der Waals surface area contributed by atoms with Crippen molar-refractivity contribution in [2.24, 2.45) is 0 Å². The summed E-state index contributed by atoms with van der Waals surface area (Å²) >= 11 is 0. The Morgan fingerprint density at radius 1 is 1.17 bits per heavy atom. The molecule has 23 heavy (non-hydrogen) atoms. The second kappa shape index (κ2) is 9.45. The summed E-state index contributed by atoms with van der Waals surface area (Å²) in [6.45, 7) is 3.54. The van der Waals surface area contributed by atoms with Crippen molar-refractivity contribution in [2.75, 3.05) is 12.0 Å². The number of hydrogen-bond acceptors (Lipinski definition) is 4. The minimum absolute atomic E-state index is 0.178. The Bertz CT molecular complexity index is 588. The van der Waals surface area contributed by atoms with Gasteiger partial charge in [0.2, 0.25) is 0 Å². The van der Waals surface area contributed by atoms with Crippen molar-refractivity contribution < 1.29 is 17.8 Å². The predicted molar refractivity (Wildman–Crippen MR) is 94.9 cm³/mol. The SMILES string of the molecule is CC(=O)C[S+](C)C1CCCCC1.Cc1ccc(S(=O)(=O)[O-])cc1. The van der Waals surface area contributed by atoms with E-state index in [1.807, 2.05) is 6.92 Å². The van der Waals surface area contributed by atoms with Crippen LogP contribution < -0.4 is 0 Å². The minimum atomic E-state index is -4.27. The van der Waals surface area contributed by atoms with Gasteiger partial charge in [0.25, 0.3) is 0 Å². The first-order chi connectivity index (χ1) is 10.7. The van der Waals surface area contributed by atoms with Crippen LogP contribution in [0.1, 0.15) is 44.6 Å². The quantitative estimate of drug-likeness (QED) is 0.612. The van der Waals surface area contributed by atoms with Gasteiger partial charge in [0, 0.05) is 0 Å². The number of benzene rings is 1. The number of carbonyl (C=O) groups is 1. The highest BCUT2D eigenvalue weighted by Crippen LogP contribution is 2.24. The molecule has 1 aromatic carbocycles. The Balaban J connectivity index is 0.000000231. The zero-order valence-corrected chi connectivity index (χ0v) is 15.7. The first-order valence-corrected chi connectivity index (χ1v) is 11.1. The Morgan fingerprint density at radius 3 is 2.13 bits per heavy atom. The number of Topliss-reactive ketones (excluding diaryl/α,β-unsaturated/α-hetero) is 1. The monoisotopic (exact) mass is 358 g/mol. The molecule has 0 aromatic heterocycles. The van der Waals surface area contributed by atoms with Gasteiger partial charge >= 0.3 is 0 Å². The maximum Gasteiger partial charge on any atom is 0.178 e. The topological polar surface area (TPSA) is 74.3 Å². The van der Waals surface area contributed by atoms with E-state index in [4.69, 9.17) is 0 Å². The molecule has 0 saturated heterocycles. The molecular weight excluding hydrogens is 332 g/mol. The van der Waals surface area contributed by atoms with Crippen LogP contribution in [0.4, 0.5) is 0 Å². The van der Waals surface area contributed by atoms with Crippen LogP contribution in [0.3, 0.4) is 0 Å². The summed E-state index contributed by atoms with van der Waals surface area (Å²) in [6, 6.07) is 5.78. The van der Waals surface area contributed by atoms with Crippen molar-refractivity contribution in [1.29, 1.82) is 0 Å². The van der Waals surface area contributed by atoms with Gasteiger partial charge in [-0.1, -0.05) is 24.1 Å². The van der Waals surface area contributed by atoms with E-state index in [2.05, 4.69) is 6.26 Å². The van der Waals surface area contributed by atoms with Gasteiger partial charge in [-0.2, -0.15) is 0 Å². The van der Waals surface area contributed by atoms with Crippen LogP contribution in [0.5, 0.6) is 0 Å².